The monoisotopic (exact) mass is 586 g/mol. The number of carbonyl (C=O) groups is 2. The third kappa shape index (κ3) is 9.35. The summed E-state index contributed by atoms with van der Waals surface area (Å²) in [5, 5.41) is 0. The fraction of sp³-hybridized carbons (Fsp3) is 0.486. The fourth-order valence-electron chi connectivity index (χ4n) is 5.25. The van der Waals surface area contributed by atoms with E-state index in [1.165, 1.54) is 25.7 Å². The van der Waals surface area contributed by atoms with Gasteiger partial charge in [-0.2, -0.15) is 0 Å². The zero-order valence-corrected chi connectivity index (χ0v) is 26.1. The van der Waals surface area contributed by atoms with Crippen LogP contribution in [0.25, 0.3) is 22.5 Å². The summed E-state index contributed by atoms with van der Waals surface area (Å²) >= 11 is 0. The minimum atomic E-state index is -0.744. The maximum Gasteiger partial charge on any atom is 0.329 e. The van der Waals surface area contributed by atoms with Gasteiger partial charge in [-0.25, -0.2) is 14.8 Å². The van der Waals surface area contributed by atoms with Crippen molar-refractivity contribution in [2.45, 2.75) is 96.7 Å². The molecule has 1 saturated heterocycles. The number of aromatic nitrogens is 2. The molecule has 2 heterocycles. The summed E-state index contributed by atoms with van der Waals surface area (Å²) < 4.78 is 11.4. The molecule has 0 aliphatic carbocycles. The van der Waals surface area contributed by atoms with E-state index in [0.29, 0.717) is 25.2 Å². The molecule has 1 aromatic heterocycles. The number of nitrogens with zero attached hydrogens (tertiary/aromatic N) is 3. The second-order valence-electron chi connectivity index (χ2n) is 12.3. The van der Waals surface area contributed by atoms with E-state index >= 15 is 0 Å². The van der Waals surface area contributed by atoms with Crippen molar-refractivity contribution in [1.82, 2.24) is 14.9 Å². The second kappa shape index (κ2) is 15.1. The average Bonchev–Trinajstić information content (AvgIpc) is 3.49. The molecular formula is C35H46N4O4. The highest BCUT2D eigenvalue weighted by Gasteiger charge is 2.38. The largest absolute Gasteiger partial charge is 0.494 e. The van der Waals surface area contributed by atoms with Gasteiger partial charge in [0.2, 0.25) is 5.91 Å². The minimum Gasteiger partial charge on any atom is -0.494 e. The van der Waals surface area contributed by atoms with E-state index in [1.807, 2.05) is 81.7 Å². The predicted octanol–water partition coefficient (Wildman–Crippen LogP) is 6.36. The number of rotatable bonds is 13. The summed E-state index contributed by atoms with van der Waals surface area (Å²) in [6.07, 6.45) is 11.5. The molecule has 8 heteroatoms. The number of carbonyl (C=O) groups excluding carboxylic acids is 2. The van der Waals surface area contributed by atoms with Crippen molar-refractivity contribution >= 4 is 11.9 Å². The SMILES string of the molecule is CCCCCCCOc1ccc(-c2cnc(-c3ccc(C[C@H](N)C(=O)N4CCCC4C(=O)OC(C)(C)C)cc3)nc2)cc1. The van der Waals surface area contributed by atoms with E-state index in [1.54, 1.807) is 4.90 Å². The molecule has 8 nitrogen and oxygen atoms in total. The Balaban J connectivity index is 1.29. The highest BCUT2D eigenvalue weighted by atomic mass is 16.6. The molecule has 0 radical (unpaired) electrons. The number of esters is 1. The van der Waals surface area contributed by atoms with Crippen LogP contribution in [0.15, 0.2) is 60.9 Å². The average molecular weight is 587 g/mol. The molecule has 0 saturated carbocycles. The standard InChI is InChI=1S/C35H46N4O4/c1-5-6-7-8-9-21-42-29-18-16-26(17-19-29)28-23-37-32(38-24-28)27-14-12-25(13-15-27)22-30(36)33(40)39-20-10-11-31(39)34(41)43-35(2,3)4/h12-19,23-24,30-31H,5-11,20-22,36H2,1-4H3/t30-,31?/m0/s1. The lowest BCUT2D eigenvalue weighted by atomic mass is 10.0. The van der Waals surface area contributed by atoms with Crippen LogP contribution in [0.3, 0.4) is 0 Å². The molecule has 3 aromatic rings. The van der Waals surface area contributed by atoms with Crippen LogP contribution in [0, 0.1) is 0 Å². The summed E-state index contributed by atoms with van der Waals surface area (Å²) in [6, 6.07) is 14.5. The van der Waals surface area contributed by atoms with Crippen LogP contribution in [0.1, 0.15) is 78.2 Å². The van der Waals surface area contributed by atoms with E-state index in [2.05, 4.69) is 16.9 Å². The third-order valence-corrected chi connectivity index (χ3v) is 7.56. The Kier molecular flexibility index (Phi) is 11.3. The summed E-state index contributed by atoms with van der Waals surface area (Å²) in [6.45, 7) is 8.96. The van der Waals surface area contributed by atoms with Gasteiger partial charge >= 0.3 is 5.97 Å². The third-order valence-electron chi connectivity index (χ3n) is 7.56. The van der Waals surface area contributed by atoms with Gasteiger partial charge in [0.15, 0.2) is 5.82 Å². The van der Waals surface area contributed by atoms with Gasteiger partial charge in [-0.05, 0) is 69.7 Å². The summed E-state index contributed by atoms with van der Waals surface area (Å²) in [4.78, 5) is 36.5. The topological polar surface area (TPSA) is 108 Å². The van der Waals surface area contributed by atoms with Crippen molar-refractivity contribution in [3.8, 4) is 28.3 Å². The molecular weight excluding hydrogens is 540 g/mol. The van der Waals surface area contributed by atoms with Crippen molar-refractivity contribution < 1.29 is 19.1 Å². The molecule has 2 aromatic carbocycles. The number of unbranched alkanes of at least 4 members (excludes halogenated alkanes) is 4. The number of amides is 1. The molecule has 1 unspecified atom stereocenters. The van der Waals surface area contributed by atoms with E-state index < -0.39 is 17.7 Å². The predicted molar refractivity (Wildman–Crippen MR) is 169 cm³/mol. The molecule has 1 aliphatic heterocycles. The summed E-state index contributed by atoms with van der Waals surface area (Å²) in [5.41, 5.74) is 9.49. The maximum absolute atomic E-state index is 13.1. The zero-order valence-electron chi connectivity index (χ0n) is 26.1. The summed E-state index contributed by atoms with van der Waals surface area (Å²) in [5.74, 6) is 0.909. The van der Waals surface area contributed by atoms with Gasteiger partial charge in [0.1, 0.15) is 17.4 Å². The second-order valence-corrected chi connectivity index (χ2v) is 12.3. The van der Waals surface area contributed by atoms with E-state index in [0.717, 1.165) is 47.5 Å². The summed E-state index contributed by atoms with van der Waals surface area (Å²) in [7, 11) is 0. The van der Waals surface area contributed by atoms with Crippen molar-refractivity contribution in [3.05, 3.63) is 66.5 Å². The van der Waals surface area contributed by atoms with Gasteiger partial charge in [0.05, 0.1) is 12.6 Å². The molecule has 1 fully saturated rings. The number of likely N-dealkylation sites (tertiary alicyclic amines) is 1. The number of hydrogen-bond acceptors (Lipinski definition) is 7. The van der Waals surface area contributed by atoms with Crippen LogP contribution in [0.2, 0.25) is 0 Å². The molecule has 0 bridgehead atoms. The highest BCUT2D eigenvalue weighted by Crippen LogP contribution is 2.25. The van der Waals surface area contributed by atoms with Crippen LogP contribution in [0.5, 0.6) is 5.75 Å². The fourth-order valence-corrected chi connectivity index (χ4v) is 5.25. The smallest absolute Gasteiger partial charge is 0.329 e. The Morgan fingerprint density at radius 3 is 2.23 bits per heavy atom. The molecule has 43 heavy (non-hydrogen) atoms. The van der Waals surface area contributed by atoms with E-state index in [9.17, 15) is 9.59 Å². The van der Waals surface area contributed by atoms with Gasteiger partial charge in [0.25, 0.3) is 0 Å². The van der Waals surface area contributed by atoms with Gasteiger partial charge in [-0.1, -0.05) is 69.0 Å². The molecule has 230 valence electrons. The van der Waals surface area contributed by atoms with Crippen molar-refractivity contribution in [1.29, 1.82) is 0 Å². The Labute approximate surface area is 256 Å². The van der Waals surface area contributed by atoms with Crippen LogP contribution >= 0.6 is 0 Å². The van der Waals surface area contributed by atoms with Crippen LogP contribution in [-0.4, -0.2) is 57.6 Å². The molecule has 2 N–H and O–H groups in total. The van der Waals surface area contributed by atoms with E-state index in [-0.39, 0.29) is 11.9 Å². The number of ether oxygens (including phenoxy) is 2. The van der Waals surface area contributed by atoms with Crippen molar-refractivity contribution in [2.24, 2.45) is 5.73 Å². The molecule has 0 spiro atoms. The Bertz CT molecular complexity index is 1320. The van der Waals surface area contributed by atoms with Gasteiger partial charge in [0, 0.05) is 30.1 Å². The first-order chi connectivity index (χ1) is 20.6. The number of benzene rings is 2. The Hall–Kier alpha value is -3.78. The molecule has 2 atom stereocenters. The first kappa shape index (κ1) is 32.1. The van der Waals surface area contributed by atoms with Crippen molar-refractivity contribution in [2.75, 3.05) is 13.2 Å². The lowest BCUT2D eigenvalue weighted by molar-refractivity contribution is -0.163. The molecule has 1 amide bonds. The Morgan fingerprint density at radius 1 is 0.930 bits per heavy atom. The van der Waals surface area contributed by atoms with Crippen LogP contribution in [-0.2, 0) is 20.7 Å². The zero-order chi connectivity index (χ0) is 30.8. The quantitative estimate of drug-likeness (QED) is 0.183. The van der Waals surface area contributed by atoms with E-state index in [4.69, 9.17) is 15.2 Å². The highest BCUT2D eigenvalue weighted by molar-refractivity contribution is 5.88. The van der Waals surface area contributed by atoms with Gasteiger partial charge < -0.3 is 20.1 Å². The maximum atomic E-state index is 13.1. The minimum absolute atomic E-state index is 0.224. The van der Waals surface area contributed by atoms with Crippen LogP contribution in [0.4, 0.5) is 0 Å². The van der Waals surface area contributed by atoms with Crippen molar-refractivity contribution in [3.63, 3.8) is 0 Å². The van der Waals surface area contributed by atoms with Crippen LogP contribution < -0.4 is 10.5 Å². The number of hydrogen-bond donors (Lipinski definition) is 1. The molecule has 1 aliphatic rings. The lowest BCUT2D eigenvalue weighted by Gasteiger charge is -2.29. The van der Waals surface area contributed by atoms with Gasteiger partial charge in [-0.15, -0.1) is 0 Å². The first-order valence-corrected chi connectivity index (χ1v) is 15.6. The number of nitrogens with two attached hydrogens (primary N) is 1. The molecule has 4 rings (SSSR count). The van der Waals surface area contributed by atoms with Gasteiger partial charge in [-0.3, -0.25) is 4.79 Å². The normalized spacial score (nSPS) is 15.7. The lowest BCUT2D eigenvalue weighted by Crippen LogP contribution is -2.50. The Morgan fingerprint density at radius 2 is 1.58 bits per heavy atom. The first-order valence-electron chi connectivity index (χ1n) is 15.6.